The van der Waals surface area contributed by atoms with Gasteiger partial charge in [-0.25, -0.2) is 0 Å². The maximum Gasteiger partial charge on any atom is 0.387 e. The highest BCUT2D eigenvalue weighted by Crippen LogP contribution is 2.29. The molecule has 0 fully saturated rings. The zero-order chi connectivity index (χ0) is 13.5. The third-order valence-electron chi connectivity index (χ3n) is 2.35. The van der Waals surface area contributed by atoms with Crippen LogP contribution in [-0.4, -0.2) is 24.9 Å². The molecule has 0 heterocycles. The number of hydrogen-bond acceptors (Lipinski definition) is 3. The molecule has 6 heteroatoms. The van der Waals surface area contributed by atoms with Crippen LogP contribution in [0.3, 0.4) is 0 Å². The van der Waals surface area contributed by atoms with E-state index in [1.165, 1.54) is 0 Å². The van der Waals surface area contributed by atoms with Gasteiger partial charge in [-0.15, -0.1) is 0 Å². The molecule has 0 radical (unpaired) electrons. The van der Waals surface area contributed by atoms with Crippen molar-refractivity contribution in [1.29, 1.82) is 0 Å². The van der Waals surface area contributed by atoms with Crippen LogP contribution in [-0.2, 0) is 6.54 Å². The predicted molar refractivity (Wildman–Crippen MR) is 68.9 cm³/mol. The van der Waals surface area contributed by atoms with E-state index in [1.807, 2.05) is 0 Å². The number of benzene rings is 1. The lowest BCUT2D eigenvalue weighted by Gasteiger charge is -2.14. The Labute approximate surface area is 113 Å². The number of rotatable bonds is 7. The molecule has 0 aliphatic heterocycles. The summed E-state index contributed by atoms with van der Waals surface area (Å²) in [6.07, 6.45) is 0.623. The first-order valence-corrected chi connectivity index (χ1v) is 6.39. The number of aryl methyl sites for hydroxylation is 1. The summed E-state index contributed by atoms with van der Waals surface area (Å²) in [6, 6.07) is 3.48. The predicted octanol–water partition coefficient (Wildman–Crippen LogP) is 2.83. The molecule has 18 heavy (non-hydrogen) atoms. The lowest BCUT2D eigenvalue weighted by Crippen LogP contribution is -2.17. The molecule has 1 aromatic carbocycles. The van der Waals surface area contributed by atoms with E-state index in [4.69, 9.17) is 5.11 Å². The summed E-state index contributed by atoms with van der Waals surface area (Å²) in [5.41, 5.74) is 1.32. The average molecular weight is 324 g/mol. The number of aliphatic hydroxyl groups excluding tert-OH is 1. The van der Waals surface area contributed by atoms with Crippen LogP contribution in [0.25, 0.3) is 0 Å². The van der Waals surface area contributed by atoms with Gasteiger partial charge in [-0.2, -0.15) is 8.78 Å². The van der Waals surface area contributed by atoms with Crippen molar-refractivity contribution < 1.29 is 18.6 Å². The molecule has 0 atom stereocenters. The van der Waals surface area contributed by atoms with E-state index in [0.29, 0.717) is 30.6 Å². The summed E-state index contributed by atoms with van der Waals surface area (Å²) < 4.78 is 30.0. The molecular formula is C12H16BrF2NO2. The van der Waals surface area contributed by atoms with Crippen molar-refractivity contribution in [1.82, 2.24) is 5.32 Å². The molecule has 0 unspecified atom stereocenters. The first-order valence-electron chi connectivity index (χ1n) is 5.60. The highest BCUT2D eigenvalue weighted by molar-refractivity contribution is 9.10. The van der Waals surface area contributed by atoms with Gasteiger partial charge in [-0.3, -0.25) is 0 Å². The van der Waals surface area contributed by atoms with Gasteiger partial charge in [0, 0.05) is 23.2 Å². The molecule has 3 nitrogen and oxygen atoms in total. The Bertz CT molecular complexity index is 389. The highest BCUT2D eigenvalue weighted by Gasteiger charge is 2.13. The van der Waals surface area contributed by atoms with Crippen LogP contribution in [0.1, 0.15) is 17.5 Å². The van der Waals surface area contributed by atoms with Crippen LogP contribution in [0.4, 0.5) is 8.78 Å². The van der Waals surface area contributed by atoms with Crippen LogP contribution in [0, 0.1) is 6.92 Å². The Morgan fingerprint density at radius 1 is 1.44 bits per heavy atom. The van der Waals surface area contributed by atoms with E-state index >= 15 is 0 Å². The second-order valence-electron chi connectivity index (χ2n) is 3.84. The van der Waals surface area contributed by atoms with Gasteiger partial charge >= 0.3 is 6.61 Å². The molecule has 0 aliphatic carbocycles. The summed E-state index contributed by atoms with van der Waals surface area (Å²) in [4.78, 5) is 0. The number of nitrogens with one attached hydrogen (secondary N) is 1. The van der Waals surface area contributed by atoms with E-state index in [1.54, 1.807) is 19.1 Å². The molecule has 0 spiro atoms. The first-order chi connectivity index (χ1) is 8.54. The van der Waals surface area contributed by atoms with Crippen LogP contribution >= 0.6 is 15.9 Å². The van der Waals surface area contributed by atoms with Gasteiger partial charge in [-0.1, -0.05) is 15.9 Å². The second-order valence-corrected chi connectivity index (χ2v) is 4.76. The smallest absolute Gasteiger partial charge is 0.387 e. The van der Waals surface area contributed by atoms with Crippen molar-refractivity contribution in [3.8, 4) is 5.75 Å². The van der Waals surface area contributed by atoms with Gasteiger partial charge in [0.1, 0.15) is 5.75 Å². The van der Waals surface area contributed by atoms with Crippen molar-refractivity contribution in [3.05, 3.63) is 27.7 Å². The van der Waals surface area contributed by atoms with Crippen LogP contribution < -0.4 is 10.1 Å². The quantitative estimate of drug-likeness (QED) is 0.758. The van der Waals surface area contributed by atoms with E-state index in [0.717, 1.165) is 4.47 Å². The highest BCUT2D eigenvalue weighted by atomic mass is 79.9. The van der Waals surface area contributed by atoms with Crippen LogP contribution in [0.15, 0.2) is 16.6 Å². The molecule has 0 amide bonds. The molecule has 1 rings (SSSR count). The maximum absolute atomic E-state index is 12.3. The van der Waals surface area contributed by atoms with E-state index < -0.39 is 6.61 Å². The number of ether oxygens (including phenoxy) is 1. The summed E-state index contributed by atoms with van der Waals surface area (Å²) in [5, 5.41) is 11.7. The topological polar surface area (TPSA) is 41.5 Å². The van der Waals surface area contributed by atoms with Gasteiger partial charge < -0.3 is 15.2 Å². The Balaban J connectivity index is 2.79. The molecular weight excluding hydrogens is 308 g/mol. The van der Waals surface area contributed by atoms with Crippen molar-refractivity contribution in [2.24, 2.45) is 0 Å². The number of aliphatic hydroxyl groups is 1. The zero-order valence-corrected chi connectivity index (χ0v) is 11.6. The summed E-state index contributed by atoms with van der Waals surface area (Å²) in [6.45, 7) is 0.0319. The monoisotopic (exact) mass is 323 g/mol. The van der Waals surface area contributed by atoms with Gasteiger partial charge in [0.2, 0.25) is 0 Å². The SMILES string of the molecule is Cc1cc(Br)cc(CNCCCO)c1OC(F)F. The van der Waals surface area contributed by atoms with Gasteiger partial charge in [-0.05, 0) is 37.6 Å². The molecule has 0 saturated carbocycles. The van der Waals surface area contributed by atoms with Crippen molar-refractivity contribution in [2.75, 3.05) is 13.2 Å². The standard InChI is InChI=1S/C12H16BrF2NO2/c1-8-5-10(13)6-9(7-16-3-2-4-17)11(8)18-12(14)15/h5-6,12,16-17H,2-4,7H2,1H3. The third kappa shape index (κ3) is 4.88. The largest absolute Gasteiger partial charge is 0.434 e. The fourth-order valence-electron chi connectivity index (χ4n) is 1.62. The summed E-state index contributed by atoms with van der Waals surface area (Å²) in [5.74, 6) is 0.213. The van der Waals surface area contributed by atoms with Crippen molar-refractivity contribution in [3.63, 3.8) is 0 Å². The van der Waals surface area contributed by atoms with E-state index in [-0.39, 0.29) is 12.4 Å². The molecule has 0 saturated heterocycles. The minimum absolute atomic E-state index is 0.102. The Morgan fingerprint density at radius 3 is 2.78 bits per heavy atom. The number of alkyl halides is 2. The fourth-order valence-corrected chi connectivity index (χ4v) is 2.24. The minimum Gasteiger partial charge on any atom is -0.434 e. The summed E-state index contributed by atoms with van der Waals surface area (Å²) >= 11 is 3.33. The lowest BCUT2D eigenvalue weighted by atomic mass is 10.1. The molecule has 0 aromatic heterocycles. The van der Waals surface area contributed by atoms with Crippen molar-refractivity contribution in [2.45, 2.75) is 26.5 Å². The Hall–Kier alpha value is -0.720. The van der Waals surface area contributed by atoms with Gasteiger partial charge in [0.25, 0.3) is 0 Å². The average Bonchev–Trinajstić information content (AvgIpc) is 2.28. The van der Waals surface area contributed by atoms with Crippen LogP contribution in [0.5, 0.6) is 5.75 Å². The van der Waals surface area contributed by atoms with Crippen molar-refractivity contribution >= 4 is 15.9 Å². The minimum atomic E-state index is -2.83. The molecule has 1 aromatic rings. The first kappa shape index (κ1) is 15.3. The lowest BCUT2D eigenvalue weighted by molar-refractivity contribution is -0.0509. The Morgan fingerprint density at radius 2 is 2.17 bits per heavy atom. The van der Waals surface area contributed by atoms with Gasteiger partial charge in [0.05, 0.1) is 0 Å². The van der Waals surface area contributed by atoms with Crippen LogP contribution in [0.2, 0.25) is 0 Å². The maximum atomic E-state index is 12.3. The molecule has 0 bridgehead atoms. The molecule has 102 valence electrons. The normalized spacial score (nSPS) is 11.0. The third-order valence-corrected chi connectivity index (χ3v) is 2.81. The molecule has 2 N–H and O–H groups in total. The Kier molecular flexibility index (Phi) is 6.52. The van der Waals surface area contributed by atoms with E-state index in [2.05, 4.69) is 26.0 Å². The van der Waals surface area contributed by atoms with Gasteiger partial charge in [0.15, 0.2) is 0 Å². The number of hydrogen-bond donors (Lipinski definition) is 2. The molecule has 0 aliphatic rings. The van der Waals surface area contributed by atoms with E-state index in [9.17, 15) is 8.78 Å². The second kappa shape index (κ2) is 7.66. The number of halogens is 3. The fraction of sp³-hybridized carbons (Fsp3) is 0.500. The summed E-state index contributed by atoms with van der Waals surface area (Å²) in [7, 11) is 0. The zero-order valence-electron chi connectivity index (χ0n) is 10.0.